The van der Waals surface area contributed by atoms with Crippen LogP contribution < -0.4 is 16.0 Å². The lowest BCUT2D eigenvalue weighted by Gasteiger charge is -2.18. The van der Waals surface area contributed by atoms with Gasteiger partial charge in [0.15, 0.2) is 0 Å². The average molecular weight is 280 g/mol. The van der Waals surface area contributed by atoms with Gasteiger partial charge in [0.2, 0.25) is 5.91 Å². The number of carbonyl (C=O) groups excluding carboxylic acids is 1. The Balaban J connectivity index is 0. The van der Waals surface area contributed by atoms with Crippen LogP contribution in [0.15, 0.2) is 24.3 Å². The van der Waals surface area contributed by atoms with Gasteiger partial charge in [-0.1, -0.05) is 12.1 Å². The summed E-state index contributed by atoms with van der Waals surface area (Å²) in [6.45, 7) is 1.66. The molecule has 0 aliphatic heterocycles. The number of benzene rings is 1. The zero-order chi connectivity index (χ0) is 11.4. The maximum Gasteiger partial charge on any atom is 0.241 e. The highest BCUT2D eigenvalue weighted by Gasteiger charge is 2.10. The van der Waals surface area contributed by atoms with Gasteiger partial charge in [-0.2, -0.15) is 0 Å². The van der Waals surface area contributed by atoms with E-state index in [9.17, 15) is 4.79 Å². The molecule has 0 saturated carbocycles. The molecule has 1 rings (SSSR count). The largest absolute Gasteiger partial charge is 0.376 e. The lowest BCUT2D eigenvalue weighted by molar-refractivity contribution is -0.117. The number of amides is 1. The maximum absolute atomic E-state index is 11.4. The van der Waals surface area contributed by atoms with Gasteiger partial charge in [0.25, 0.3) is 0 Å². The number of halogens is 2. The quantitative estimate of drug-likeness (QED) is 0.888. The van der Waals surface area contributed by atoms with Crippen LogP contribution in [0.25, 0.3) is 0 Å². The van der Waals surface area contributed by atoms with E-state index in [1.165, 1.54) is 0 Å². The Hall–Kier alpha value is -0.970. The standard InChI is InChI=1S/C11H17N3O.2ClH/c1-8(12)11(15)13-9-6-4-5-7-10(9)14(2)3;;/h4-8H,12H2,1-3H3,(H,13,15);2*1H. The lowest BCUT2D eigenvalue weighted by Crippen LogP contribution is -2.32. The molecule has 0 saturated heterocycles. The van der Waals surface area contributed by atoms with Crippen molar-refractivity contribution in [3.8, 4) is 0 Å². The molecule has 6 heteroatoms. The fourth-order valence-corrected chi connectivity index (χ4v) is 1.22. The Morgan fingerprint density at radius 2 is 1.82 bits per heavy atom. The van der Waals surface area contributed by atoms with Crippen LogP contribution in [0.2, 0.25) is 0 Å². The predicted molar refractivity (Wildman–Crippen MR) is 77.5 cm³/mol. The summed E-state index contributed by atoms with van der Waals surface area (Å²) in [5.74, 6) is -0.177. The van der Waals surface area contributed by atoms with Gasteiger partial charge in [-0.3, -0.25) is 4.79 Å². The molecule has 1 aromatic rings. The molecule has 1 amide bonds. The summed E-state index contributed by atoms with van der Waals surface area (Å²) >= 11 is 0. The van der Waals surface area contributed by atoms with Gasteiger partial charge in [0.1, 0.15) is 0 Å². The van der Waals surface area contributed by atoms with Gasteiger partial charge >= 0.3 is 0 Å². The third-order valence-corrected chi connectivity index (χ3v) is 2.06. The molecule has 0 aromatic heterocycles. The molecule has 98 valence electrons. The second-order valence-corrected chi connectivity index (χ2v) is 3.69. The number of hydrogen-bond acceptors (Lipinski definition) is 3. The van der Waals surface area contributed by atoms with E-state index in [0.29, 0.717) is 0 Å². The molecule has 0 aliphatic carbocycles. The van der Waals surface area contributed by atoms with Gasteiger partial charge in [-0.25, -0.2) is 0 Å². The Kier molecular flexibility index (Phi) is 8.84. The fraction of sp³-hybridized carbons (Fsp3) is 0.364. The Morgan fingerprint density at radius 3 is 2.29 bits per heavy atom. The molecular weight excluding hydrogens is 261 g/mol. The third-order valence-electron chi connectivity index (χ3n) is 2.06. The molecule has 0 fully saturated rings. The lowest BCUT2D eigenvalue weighted by atomic mass is 10.2. The maximum atomic E-state index is 11.4. The van der Waals surface area contributed by atoms with E-state index in [-0.39, 0.29) is 30.7 Å². The van der Waals surface area contributed by atoms with Crippen LogP contribution in [0.5, 0.6) is 0 Å². The van der Waals surface area contributed by atoms with Crippen LogP contribution in [-0.2, 0) is 4.79 Å². The number of nitrogens with two attached hydrogens (primary N) is 1. The van der Waals surface area contributed by atoms with Gasteiger partial charge in [0, 0.05) is 14.1 Å². The van der Waals surface area contributed by atoms with Crippen LogP contribution in [-0.4, -0.2) is 26.0 Å². The monoisotopic (exact) mass is 279 g/mol. The van der Waals surface area contributed by atoms with Crippen molar-refractivity contribution in [3.63, 3.8) is 0 Å². The van der Waals surface area contributed by atoms with E-state index in [1.54, 1.807) is 6.92 Å². The van der Waals surface area contributed by atoms with E-state index in [1.807, 2.05) is 43.3 Å². The average Bonchev–Trinajstić information content (AvgIpc) is 2.18. The molecule has 0 radical (unpaired) electrons. The second-order valence-electron chi connectivity index (χ2n) is 3.69. The Labute approximate surface area is 114 Å². The van der Waals surface area contributed by atoms with Crippen molar-refractivity contribution in [1.29, 1.82) is 0 Å². The first-order valence-corrected chi connectivity index (χ1v) is 4.85. The number of nitrogens with zero attached hydrogens (tertiary/aromatic N) is 1. The van der Waals surface area contributed by atoms with Crippen LogP contribution in [0.3, 0.4) is 0 Å². The van der Waals surface area contributed by atoms with E-state index >= 15 is 0 Å². The van der Waals surface area contributed by atoms with E-state index in [4.69, 9.17) is 5.73 Å². The first-order chi connectivity index (χ1) is 7.02. The van der Waals surface area contributed by atoms with Crippen LogP contribution in [0.4, 0.5) is 11.4 Å². The molecule has 0 spiro atoms. The fourth-order valence-electron chi connectivity index (χ4n) is 1.22. The highest BCUT2D eigenvalue weighted by molar-refractivity contribution is 5.97. The molecule has 0 heterocycles. The van der Waals surface area contributed by atoms with Crippen molar-refractivity contribution in [2.24, 2.45) is 5.73 Å². The molecule has 1 unspecified atom stereocenters. The van der Waals surface area contributed by atoms with Gasteiger partial charge in [0.05, 0.1) is 17.4 Å². The van der Waals surface area contributed by atoms with E-state index < -0.39 is 6.04 Å². The molecule has 3 N–H and O–H groups in total. The minimum absolute atomic E-state index is 0. The SMILES string of the molecule is CC(N)C(=O)Nc1ccccc1N(C)C.Cl.Cl. The highest BCUT2D eigenvalue weighted by atomic mass is 35.5. The smallest absolute Gasteiger partial charge is 0.241 e. The molecular formula is C11H19Cl2N3O. The van der Waals surface area contributed by atoms with Gasteiger partial charge < -0.3 is 16.0 Å². The van der Waals surface area contributed by atoms with Crippen molar-refractivity contribution in [2.45, 2.75) is 13.0 Å². The van der Waals surface area contributed by atoms with Crippen molar-refractivity contribution >= 4 is 42.1 Å². The molecule has 1 atom stereocenters. The van der Waals surface area contributed by atoms with Crippen molar-refractivity contribution < 1.29 is 4.79 Å². The Morgan fingerprint density at radius 1 is 1.29 bits per heavy atom. The zero-order valence-corrected chi connectivity index (χ0v) is 11.8. The summed E-state index contributed by atoms with van der Waals surface area (Å²) in [5.41, 5.74) is 7.23. The normalized spacial score (nSPS) is 10.6. The first-order valence-electron chi connectivity index (χ1n) is 4.85. The van der Waals surface area contributed by atoms with Crippen LogP contribution >= 0.6 is 24.8 Å². The molecule has 0 aliphatic rings. The summed E-state index contributed by atoms with van der Waals surface area (Å²) in [4.78, 5) is 13.4. The highest BCUT2D eigenvalue weighted by Crippen LogP contribution is 2.23. The van der Waals surface area contributed by atoms with Crippen LogP contribution in [0, 0.1) is 0 Å². The Bertz CT molecular complexity index is 356. The van der Waals surface area contributed by atoms with Crippen LogP contribution in [0.1, 0.15) is 6.92 Å². The van der Waals surface area contributed by atoms with Gasteiger partial charge in [-0.05, 0) is 19.1 Å². The zero-order valence-electron chi connectivity index (χ0n) is 10.1. The predicted octanol–water partition coefficient (Wildman–Crippen LogP) is 1.88. The van der Waals surface area contributed by atoms with E-state index in [2.05, 4.69) is 5.32 Å². The van der Waals surface area contributed by atoms with Crippen molar-refractivity contribution in [1.82, 2.24) is 0 Å². The summed E-state index contributed by atoms with van der Waals surface area (Å²) in [7, 11) is 3.85. The van der Waals surface area contributed by atoms with Crippen molar-refractivity contribution in [3.05, 3.63) is 24.3 Å². The molecule has 0 bridgehead atoms. The minimum atomic E-state index is -0.500. The first kappa shape index (κ1) is 18.4. The second kappa shape index (κ2) is 8.17. The third kappa shape index (κ3) is 5.26. The molecule has 17 heavy (non-hydrogen) atoms. The number of anilines is 2. The summed E-state index contributed by atoms with van der Waals surface area (Å²) < 4.78 is 0. The molecule has 1 aromatic carbocycles. The topological polar surface area (TPSA) is 58.4 Å². The summed E-state index contributed by atoms with van der Waals surface area (Å²) in [5, 5.41) is 2.79. The number of para-hydroxylation sites is 2. The van der Waals surface area contributed by atoms with E-state index in [0.717, 1.165) is 11.4 Å². The van der Waals surface area contributed by atoms with Gasteiger partial charge in [-0.15, -0.1) is 24.8 Å². The number of nitrogens with one attached hydrogen (secondary N) is 1. The molecule has 4 nitrogen and oxygen atoms in total. The number of carbonyl (C=O) groups is 1. The summed E-state index contributed by atoms with van der Waals surface area (Å²) in [6, 6.07) is 7.10. The summed E-state index contributed by atoms with van der Waals surface area (Å²) in [6.07, 6.45) is 0. The number of hydrogen-bond donors (Lipinski definition) is 2. The van der Waals surface area contributed by atoms with Crippen molar-refractivity contribution in [2.75, 3.05) is 24.3 Å². The number of rotatable bonds is 3. The minimum Gasteiger partial charge on any atom is -0.376 e.